The van der Waals surface area contributed by atoms with Crippen LogP contribution in [0.2, 0.25) is 0 Å². The number of rotatable bonds is 9. The number of nitrogens with one attached hydrogen (secondary N) is 1. The summed E-state index contributed by atoms with van der Waals surface area (Å²) in [4.78, 5) is 8.60. The van der Waals surface area contributed by atoms with Gasteiger partial charge in [-0.15, -0.1) is 0 Å². The summed E-state index contributed by atoms with van der Waals surface area (Å²) < 4.78 is 10.7. The number of aromatic nitrogens is 3. The molecule has 0 aliphatic heterocycles. The van der Waals surface area contributed by atoms with Crippen LogP contribution in [-0.4, -0.2) is 46.1 Å². The highest BCUT2D eigenvalue weighted by molar-refractivity contribution is 5.57. The molecular formula is C17H26N4O3. The smallest absolute Gasteiger partial charge is 0.258 e. The molecule has 7 heteroatoms. The minimum atomic E-state index is -0.592. The fourth-order valence-corrected chi connectivity index (χ4v) is 1.97. The quantitative estimate of drug-likeness (QED) is 0.728. The molecule has 0 amide bonds. The summed E-state index contributed by atoms with van der Waals surface area (Å²) in [7, 11) is 0. The lowest BCUT2D eigenvalue weighted by Crippen LogP contribution is -2.26. The Morgan fingerprint density at radius 1 is 1.25 bits per heavy atom. The van der Waals surface area contributed by atoms with Crippen LogP contribution >= 0.6 is 0 Å². The van der Waals surface area contributed by atoms with E-state index in [0.29, 0.717) is 43.2 Å². The molecule has 132 valence electrons. The Hall–Kier alpha value is -1.99. The summed E-state index contributed by atoms with van der Waals surface area (Å²) in [6.07, 6.45) is 1.07. The van der Waals surface area contributed by atoms with Gasteiger partial charge in [-0.2, -0.15) is 4.98 Å². The van der Waals surface area contributed by atoms with Gasteiger partial charge in [0.1, 0.15) is 5.82 Å². The van der Waals surface area contributed by atoms with Crippen LogP contribution in [0, 0.1) is 5.92 Å². The number of hydrogen-bond acceptors (Lipinski definition) is 7. The third kappa shape index (κ3) is 5.58. The minimum absolute atomic E-state index is 0.211. The number of nitrogens with zero attached hydrogens (tertiary/aromatic N) is 3. The van der Waals surface area contributed by atoms with Crippen molar-refractivity contribution in [2.24, 2.45) is 5.92 Å². The van der Waals surface area contributed by atoms with Gasteiger partial charge in [-0.1, -0.05) is 32.9 Å². The van der Waals surface area contributed by atoms with Gasteiger partial charge in [-0.05, 0) is 18.1 Å². The maximum atomic E-state index is 9.92. The maximum absolute atomic E-state index is 9.92. The summed E-state index contributed by atoms with van der Waals surface area (Å²) >= 11 is 0. The number of aliphatic hydroxyl groups is 1. The number of aliphatic hydroxyl groups excluding tert-OH is 1. The molecule has 1 unspecified atom stereocenters. The lowest BCUT2D eigenvalue weighted by Gasteiger charge is -2.14. The predicted octanol–water partition coefficient (Wildman–Crippen LogP) is 2.70. The number of pyridine rings is 1. The summed E-state index contributed by atoms with van der Waals surface area (Å²) in [5.41, 5.74) is 0.789. The fraction of sp³-hybridized carbons (Fsp3) is 0.588. The molecule has 0 saturated carbocycles. The van der Waals surface area contributed by atoms with Gasteiger partial charge in [-0.3, -0.25) is 0 Å². The molecule has 2 aromatic rings. The average Bonchev–Trinajstić information content (AvgIpc) is 3.03. The highest BCUT2D eigenvalue weighted by Crippen LogP contribution is 2.21. The second kappa shape index (κ2) is 8.75. The molecule has 0 spiro atoms. The van der Waals surface area contributed by atoms with Crippen LogP contribution in [0.3, 0.4) is 0 Å². The summed E-state index contributed by atoms with van der Waals surface area (Å²) in [6.45, 7) is 9.46. The number of hydrogen-bond donors (Lipinski definition) is 2. The SMILES string of the molecule is CC(C)COCC(O)CNc1cc(-c2nc(C(C)C)no2)ccn1. The van der Waals surface area contributed by atoms with E-state index < -0.39 is 6.10 Å². The van der Waals surface area contributed by atoms with Crippen LogP contribution in [0.5, 0.6) is 0 Å². The molecule has 0 fully saturated rings. The van der Waals surface area contributed by atoms with Gasteiger partial charge in [0.25, 0.3) is 5.89 Å². The fourth-order valence-electron chi connectivity index (χ4n) is 1.97. The van der Waals surface area contributed by atoms with Crippen molar-refractivity contribution in [2.75, 3.05) is 25.1 Å². The van der Waals surface area contributed by atoms with Crippen LogP contribution in [0.4, 0.5) is 5.82 Å². The lowest BCUT2D eigenvalue weighted by atomic mass is 10.2. The van der Waals surface area contributed by atoms with E-state index in [1.54, 1.807) is 6.20 Å². The van der Waals surface area contributed by atoms with E-state index in [9.17, 15) is 5.11 Å². The largest absolute Gasteiger partial charge is 0.389 e. The van der Waals surface area contributed by atoms with E-state index in [-0.39, 0.29) is 5.92 Å². The van der Waals surface area contributed by atoms with Crippen molar-refractivity contribution < 1.29 is 14.4 Å². The van der Waals surface area contributed by atoms with Crippen LogP contribution in [0.15, 0.2) is 22.9 Å². The van der Waals surface area contributed by atoms with Crippen molar-refractivity contribution in [3.05, 3.63) is 24.2 Å². The summed E-state index contributed by atoms with van der Waals surface area (Å²) in [5.74, 6) is 2.44. The van der Waals surface area contributed by atoms with Crippen molar-refractivity contribution in [2.45, 2.75) is 39.7 Å². The molecule has 0 radical (unpaired) electrons. The van der Waals surface area contributed by atoms with Gasteiger partial charge < -0.3 is 19.7 Å². The molecule has 0 aliphatic rings. The van der Waals surface area contributed by atoms with Crippen molar-refractivity contribution >= 4 is 5.82 Å². The van der Waals surface area contributed by atoms with Crippen LogP contribution in [0.1, 0.15) is 39.4 Å². The molecule has 0 aromatic carbocycles. The first-order valence-electron chi connectivity index (χ1n) is 8.25. The molecule has 7 nitrogen and oxygen atoms in total. The van der Waals surface area contributed by atoms with Gasteiger partial charge in [0.2, 0.25) is 0 Å². The van der Waals surface area contributed by atoms with E-state index in [1.165, 1.54) is 0 Å². The average molecular weight is 334 g/mol. The minimum Gasteiger partial charge on any atom is -0.389 e. The second-order valence-electron chi connectivity index (χ2n) is 6.51. The molecule has 2 heterocycles. The first kappa shape index (κ1) is 18.4. The monoisotopic (exact) mass is 334 g/mol. The zero-order chi connectivity index (χ0) is 17.5. The topological polar surface area (TPSA) is 93.3 Å². The Morgan fingerprint density at radius 2 is 2.04 bits per heavy atom. The summed E-state index contributed by atoms with van der Waals surface area (Å²) in [6, 6.07) is 3.63. The maximum Gasteiger partial charge on any atom is 0.258 e. The Bertz CT molecular complexity index is 628. The molecule has 2 rings (SSSR count). The van der Waals surface area contributed by atoms with Crippen LogP contribution < -0.4 is 5.32 Å². The molecular weight excluding hydrogens is 308 g/mol. The Labute approximate surface area is 142 Å². The first-order chi connectivity index (χ1) is 11.5. The third-order valence-corrected chi connectivity index (χ3v) is 3.25. The molecule has 0 bridgehead atoms. The number of anilines is 1. The highest BCUT2D eigenvalue weighted by atomic mass is 16.5. The standard InChI is InChI=1S/C17H26N4O3/c1-11(2)9-23-10-14(22)8-19-15-7-13(5-6-18-15)17-20-16(12(3)4)21-24-17/h5-7,11-12,14,22H,8-10H2,1-4H3,(H,18,19). The zero-order valence-corrected chi connectivity index (χ0v) is 14.7. The Morgan fingerprint density at radius 3 is 2.71 bits per heavy atom. The molecule has 2 aromatic heterocycles. The van der Waals surface area contributed by atoms with Crippen molar-refractivity contribution in [1.82, 2.24) is 15.1 Å². The second-order valence-corrected chi connectivity index (χ2v) is 6.51. The summed E-state index contributed by atoms with van der Waals surface area (Å²) in [5, 5.41) is 17.0. The van der Waals surface area contributed by atoms with Crippen molar-refractivity contribution in [1.29, 1.82) is 0 Å². The molecule has 0 saturated heterocycles. The van der Waals surface area contributed by atoms with E-state index >= 15 is 0 Å². The van der Waals surface area contributed by atoms with Crippen LogP contribution in [0.25, 0.3) is 11.5 Å². The Kier molecular flexibility index (Phi) is 6.69. The normalized spacial score (nSPS) is 12.8. The van der Waals surface area contributed by atoms with E-state index in [1.807, 2.05) is 26.0 Å². The van der Waals surface area contributed by atoms with Gasteiger partial charge in [0, 0.05) is 30.8 Å². The van der Waals surface area contributed by atoms with E-state index in [4.69, 9.17) is 9.26 Å². The van der Waals surface area contributed by atoms with Gasteiger partial charge in [0.05, 0.1) is 12.7 Å². The van der Waals surface area contributed by atoms with Crippen molar-refractivity contribution in [3.8, 4) is 11.5 Å². The molecule has 2 N–H and O–H groups in total. The zero-order valence-electron chi connectivity index (χ0n) is 14.7. The van der Waals surface area contributed by atoms with E-state index in [0.717, 1.165) is 5.56 Å². The van der Waals surface area contributed by atoms with E-state index in [2.05, 4.69) is 34.3 Å². The Balaban J connectivity index is 1.90. The number of ether oxygens (including phenoxy) is 1. The van der Waals surface area contributed by atoms with Gasteiger partial charge in [-0.25, -0.2) is 4.98 Å². The van der Waals surface area contributed by atoms with Gasteiger partial charge in [0.15, 0.2) is 5.82 Å². The third-order valence-electron chi connectivity index (χ3n) is 3.25. The molecule has 0 aliphatic carbocycles. The lowest BCUT2D eigenvalue weighted by molar-refractivity contribution is 0.0317. The van der Waals surface area contributed by atoms with Gasteiger partial charge >= 0.3 is 0 Å². The molecule has 24 heavy (non-hydrogen) atoms. The first-order valence-corrected chi connectivity index (χ1v) is 8.25. The highest BCUT2D eigenvalue weighted by Gasteiger charge is 2.12. The van der Waals surface area contributed by atoms with Crippen molar-refractivity contribution in [3.63, 3.8) is 0 Å². The predicted molar refractivity (Wildman–Crippen MR) is 91.8 cm³/mol. The van der Waals surface area contributed by atoms with Crippen LogP contribution in [-0.2, 0) is 4.74 Å². The molecule has 1 atom stereocenters.